The van der Waals surface area contributed by atoms with Gasteiger partial charge in [0.25, 0.3) is 5.91 Å². The van der Waals surface area contributed by atoms with Crippen LogP contribution < -0.4 is 10.2 Å². The van der Waals surface area contributed by atoms with Crippen molar-refractivity contribution < 1.29 is 14.0 Å². The van der Waals surface area contributed by atoms with E-state index < -0.39 is 5.82 Å². The Hall–Kier alpha value is -2.11. The molecule has 0 aliphatic carbocycles. The highest BCUT2D eigenvalue weighted by molar-refractivity contribution is 6.44. The fraction of sp³-hybridized carbons (Fsp3) is 0.176. The van der Waals surface area contributed by atoms with Gasteiger partial charge in [-0.25, -0.2) is 4.39 Å². The predicted molar refractivity (Wildman–Crippen MR) is 93.2 cm³/mol. The second-order valence-electron chi connectivity index (χ2n) is 5.01. The molecular formula is C17H15Cl2FN2O2. The van der Waals surface area contributed by atoms with E-state index in [0.29, 0.717) is 16.3 Å². The number of nitrogens with one attached hydrogen (secondary N) is 1. The van der Waals surface area contributed by atoms with E-state index >= 15 is 0 Å². The highest BCUT2D eigenvalue weighted by Gasteiger charge is 2.16. The quantitative estimate of drug-likeness (QED) is 0.869. The molecule has 0 aliphatic rings. The van der Waals surface area contributed by atoms with Crippen LogP contribution in [-0.4, -0.2) is 24.9 Å². The second-order valence-corrected chi connectivity index (χ2v) is 5.79. The third kappa shape index (κ3) is 4.46. The van der Waals surface area contributed by atoms with Crippen LogP contribution in [0.15, 0.2) is 42.5 Å². The van der Waals surface area contributed by atoms with Gasteiger partial charge < -0.3 is 10.2 Å². The van der Waals surface area contributed by atoms with Crippen LogP contribution in [0, 0.1) is 5.82 Å². The first-order valence-electron chi connectivity index (χ1n) is 7.16. The summed E-state index contributed by atoms with van der Waals surface area (Å²) in [5, 5.41) is 3.30. The van der Waals surface area contributed by atoms with E-state index in [1.54, 1.807) is 18.2 Å². The fourth-order valence-electron chi connectivity index (χ4n) is 2.13. The number of amides is 2. The first-order chi connectivity index (χ1) is 11.4. The van der Waals surface area contributed by atoms with Crippen LogP contribution in [0.4, 0.5) is 10.1 Å². The fourth-order valence-corrected chi connectivity index (χ4v) is 2.53. The van der Waals surface area contributed by atoms with Crippen molar-refractivity contribution in [2.45, 2.75) is 6.92 Å². The van der Waals surface area contributed by atoms with E-state index in [0.717, 1.165) is 0 Å². The molecule has 0 radical (unpaired) electrons. The molecule has 0 bridgehead atoms. The van der Waals surface area contributed by atoms with Crippen LogP contribution >= 0.6 is 23.2 Å². The van der Waals surface area contributed by atoms with Gasteiger partial charge in [-0.05, 0) is 36.4 Å². The molecule has 0 fully saturated rings. The van der Waals surface area contributed by atoms with Gasteiger partial charge in [-0.3, -0.25) is 9.59 Å². The SMILES string of the molecule is CC(=O)N(CCNC(=O)c1ccc(F)cc1)c1cccc(Cl)c1Cl. The molecule has 0 heterocycles. The molecule has 7 heteroatoms. The molecule has 0 atom stereocenters. The maximum Gasteiger partial charge on any atom is 0.251 e. The smallest absolute Gasteiger partial charge is 0.251 e. The number of anilines is 1. The van der Waals surface area contributed by atoms with Crippen LogP contribution in [0.1, 0.15) is 17.3 Å². The standard InChI is InChI=1S/C17H15Cl2FN2O2/c1-11(23)22(15-4-2-3-14(18)16(15)19)10-9-21-17(24)12-5-7-13(20)8-6-12/h2-8H,9-10H2,1H3,(H,21,24). The van der Waals surface area contributed by atoms with Crippen molar-refractivity contribution in [3.8, 4) is 0 Å². The zero-order valence-electron chi connectivity index (χ0n) is 12.9. The third-order valence-electron chi connectivity index (χ3n) is 3.33. The van der Waals surface area contributed by atoms with Crippen molar-refractivity contribution in [1.29, 1.82) is 0 Å². The predicted octanol–water partition coefficient (Wildman–Crippen LogP) is 3.92. The molecule has 2 aromatic rings. The van der Waals surface area contributed by atoms with Gasteiger partial charge in [0, 0.05) is 25.6 Å². The normalized spacial score (nSPS) is 10.3. The molecule has 1 N–H and O–H groups in total. The minimum absolute atomic E-state index is 0.207. The van der Waals surface area contributed by atoms with Crippen molar-refractivity contribution >= 4 is 40.7 Å². The van der Waals surface area contributed by atoms with Crippen LogP contribution in [0.2, 0.25) is 10.0 Å². The van der Waals surface area contributed by atoms with Gasteiger partial charge in [0.1, 0.15) is 5.82 Å². The lowest BCUT2D eigenvalue weighted by molar-refractivity contribution is -0.116. The van der Waals surface area contributed by atoms with Crippen molar-refractivity contribution in [2.75, 3.05) is 18.0 Å². The van der Waals surface area contributed by atoms with Gasteiger partial charge >= 0.3 is 0 Å². The summed E-state index contributed by atoms with van der Waals surface area (Å²) in [6, 6.07) is 10.2. The lowest BCUT2D eigenvalue weighted by Gasteiger charge is -2.23. The molecule has 0 aliphatic heterocycles. The highest BCUT2D eigenvalue weighted by atomic mass is 35.5. The van der Waals surface area contributed by atoms with Gasteiger partial charge in [-0.2, -0.15) is 0 Å². The zero-order chi connectivity index (χ0) is 17.7. The highest BCUT2D eigenvalue weighted by Crippen LogP contribution is 2.32. The zero-order valence-corrected chi connectivity index (χ0v) is 14.4. The summed E-state index contributed by atoms with van der Waals surface area (Å²) >= 11 is 12.1. The van der Waals surface area contributed by atoms with Gasteiger partial charge in [-0.15, -0.1) is 0 Å². The van der Waals surface area contributed by atoms with E-state index in [4.69, 9.17) is 23.2 Å². The summed E-state index contributed by atoms with van der Waals surface area (Å²) in [5.41, 5.74) is 0.819. The summed E-state index contributed by atoms with van der Waals surface area (Å²) in [6.07, 6.45) is 0. The van der Waals surface area contributed by atoms with Crippen molar-refractivity contribution in [1.82, 2.24) is 5.32 Å². The summed E-state index contributed by atoms with van der Waals surface area (Å²) < 4.78 is 12.9. The third-order valence-corrected chi connectivity index (χ3v) is 4.14. The van der Waals surface area contributed by atoms with Crippen molar-refractivity contribution in [3.63, 3.8) is 0 Å². The van der Waals surface area contributed by atoms with Crippen LogP contribution in [-0.2, 0) is 4.79 Å². The molecule has 0 saturated heterocycles. The van der Waals surface area contributed by atoms with Gasteiger partial charge in [0.15, 0.2) is 0 Å². The summed E-state index contributed by atoms with van der Waals surface area (Å²) in [7, 11) is 0. The van der Waals surface area contributed by atoms with Crippen LogP contribution in [0.25, 0.3) is 0 Å². The average molecular weight is 369 g/mol. The van der Waals surface area contributed by atoms with Crippen molar-refractivity contribution in [3.05, 3.63) is 63.9 Å². The van der Waals surface area contributed by atoms with Crippen LogP contribution in [0.5, 0.6) is 0 Å². The van der Waals surface area contributed by atoms with Gasteiger partial charge in [0.2, 0.25) is 5.91 Å². The molecule has 126 valence electrons. The lowest BCUT2D eigenvalue weighted by atomic mass is 10.2. The first-order valence-corrected chi connectivity index (χ1v) is 7.91. The Balaban J connectivity index is 2.02. The molecule has 4 nitrogen and oxygen atoms in total. The maximum atomic E-state index is 12.9. The monoisotopic (exact) mass is 368 g/mol. The van der Waals surface area contributed by atoms with E-state index in [1.807, 2.05) is 0 Å². The van der Waals surface area contributed by atoms with Gasteiger partial charge in [0.05, 0.1) is 15.7 Å². The number of carbonyl (C=O) groups excluding carboxylic acids is 2. The lowest BCUT2D eigenvalue weighted by Crippen LogP contribution is -2.37. The van der Waals surface area contributed by atoms with E-state index in [9.17, 15) is 14.0 Å². The molecule has 0 unspecified atom stereocenters. The molecule has 2 aromatic carbocycles. The van der Waals surface area contributed by atoms with Crippen molar-refractivity contribution in [2.24, 2.45) is 0 Å². The number of halogens is 3. The Labute approximate surface area is 149 Å². The molecule has 0 aromatic heterocycles. The Morgan fingerprint density at radius 3 is 2.42 bits per heavy atom. The largest absolute Gasteiger partial charge is 0.350 e. The Bertz CT molecular complexity index is 751. The molecule has 24 heavy (non-hydrogen) atoms. The number of carbonyl (C=O) groups is 2. The number of nitrogens with zero attached hydrogens (tertiary/aromatic N) is 1. The van der Waals surface area contributed by atoms with Crippen LogP contribution in [0.3, 0.4) is 0 Å². The van der Waals surface area contributed by atoms with E-state index in [2.05, 4.69) is 5.32 Å². The molecule has 0 spiro atoms. The number of hydrogen-bond acceptors (Lipinski definition) is 2. The minimum atomic E-state index is -0.412. The van der Waals surface area contributed by atoms with Gasteiger partial charge in [-0.1, -0.05) is 29.3 Å². The molecule has 2 rings (SSSR count). The average Bonchev–Trinajstić information content (AvgIpc) is 2.55. The molecular weight excluding hydrogens is 354 g/mol. The number of hydrogen-bond donors (Lipinski definition) is 1. The Morgan fingerprint density at radius 1 is 1.12 bits per heavy atom. The minimum Gasteiger partial charge on any atom is -0.350 e. The van der Waals surface area contributed by atoms with E-state index in [-0.39, 0.29) is 29.9 Å². The number of benzene rings is 2. The topological polar surface area (TPSA) is 49.4 Å². The number of rotatable bonds is 5. The Kier molecular flexibility index (Phi) is 6.17. The summed E-state index contributed by atoms with van der Waals surface area (Å²) in [5.74, 6) is -0.990. The second kappa shape index (κ2) is 8.13. The first kappa shape index (κ1) is 18.2. The molecule has 2 amide bonds. The maximum absolute atomic E-state index is 12.9. The van der Waals surface area contributed by atoms with E-state index in [1.165, 1.54) is 36.1 Å². The Morgan fingerprint density at radius 2 is 1.79 bits per heavy atom. The summed E-state index contributed by atoms with van der Waals surface area (Å²) in [6.45, 7) is 1.83. The summed E-state index contributed by atoms with van der Waals surface area (Å²) in [4.78, 5) is 25.3. The molecule has 0 saturated carbocycles.